The molecule has 8 nitrogen and oxygen atoms in total. The second-order valence-corrected chi connectivity index (χ2v) is 4.12. The number of ether oxygens (including phenoxy) is 1. The lowest BCUT2D eigenvalue weighted by Crippen LogP contribution is -2.14. The summed E-state index contributed by atoms with van der Waals surface area (Å²) >= 11 is 0. The summed E-state index contributed by atoms with van der Waals surface area (Å²) in [6.45, 7) is 1.45. The number of nitrogens with one attached hydrogen (secondary N) is 2. The Morgan fingerprint density at radius 2 is 2.24 bits per heavy atom. The molecular formula is C13H14N4O4. The second kappa shape index (κ2) is 6.51. The van der Waals surface area contributed by atoms with E-state index in [1.54, 1.807) is 18.2 Å². The third-order valence-corrected chi connectivity index (χ3v) is 2.52. The minimum Gasteiger partial charge on any atom is -0.482 e. The first kappa shape index (κ1) is 14.5. The largest absolute Gasteiger partial charge is 0.482 e. The number of hydrogen-bond acceptors (Lipinski definition) is 5. The van der Waals surface area contributed by atoms with Crippen molar-refractivity contribution in [2.75, 3.05) is 11.9 Å². The molecule has 1 heterocycles. The van der Waals surface area contributed by atoms with Crippen molar-refractivity contribution in [3.8, 4) is 5.75 Å². The van der Waals surface area contributed by atoms with Crippen molar-refractivity contribution in [1.29, 1.82) is 0 Å². The Bertz CT molecular complexity index is 653. The number of aromatic amines is 1. The molecule has 2 rings (SSSR count). The quantitative estimate of drug-likeness (QED) is 0.733. The van der Waals surface area contributed by atoms with Gasteiger partial charge < -0.3 is 15.2 Å². The number of H-pyrrole nitrogens is 1. The number of nitrogens with zero attached hydrogens (tertiary/aromatic N) is 2. The number of rotatable bonds is 6. The van der Waals surface area contributed by atoms with E-state index in [0.717, 1.165) is 0 Å². The summed E-state index contributed by atoms with van der Waals surface area (Å²) < 4.78 is 5.03. The highest BCUT2D eigenvalue weighted by atomic mass is 16.5. The van der Waals surface area contributed by atoms with Gasteiger partial charge in [-0.1, -0.05) is 13.0 Å². The van der Waals surface area contributed by atoms with Crippen LogP contribution in [0.2, 0.25) is 0 Å². The summed E-state index contributed by atoms with van der Waals surface area (Å²) in [4.78, 5) is 26.4. The zero-order valence-electron chi connectivity index (χ0n) is 11.3. The Balaban J connectivity index is 2.03. The minimum absolute atomic E-state index is 0.0451. The Morgan fingerprint density at radius 1 is 1.43 bits per heavy atom. The van der Waals surface area contributed by atoms with E-state index in [1.807, 2.05) is 6.92 Å². The number of benzene rings is 1. The van der Waals surface area contributed by atoms with Crippen LogP contribution in [0.1, 0.15) is 23.4 Å². The second-order valence-electron chi connectivity index (χ2n) is 4.12. The van der Waals surface area contributed by atoms with E-state index in [0.29, 0.717) is 23.7 Å². The number of carboxylic acid groups (broad SMARTS) is 1. The number of carboxylic acids is 1. The average Bonchev–Trinajstić information content (AvgIpc) is 2.94. The van der Waals surface area contributed by atoms with Crippen LogP contribution in [0.4, 0.5) is 5.69 Å². The van der Waals surface area contributed by atoms with E-state index < -0.39 is 18.5 Å². The summed E-state index contributed by atoms with van der Waals surface area (Å²) in [6, 6.07) is 6.41. The first-order valence-corrected chi connectivity index (χ1v) is 6.25. The summed E-state index contributed by atoms with van der Waals surface area (Å²) in [5.41, 5.74) is 0.464. The Labute approximate surface area is 120 Å². The summed E-state index contributed by atoms with van der Waals surface area (Å²) in [5.74, 6) is -0.513. The van der Waals surface area contributed by atoms with E-state index in [2.05, 4.69) is 20.5 Å². The number of aromatic nitrogens is 3. The van der Waals surface area contributed by atoms with Crippen LogP contribution in [0, 0.1) is 0 Å². The van der Waals surface area contributed by atoms with E-state index >= 15 is 0 Å². The molecule has 21 heavy (non-hydrogen) atoms. The fourth-order valence-electron chi connectivity index (χ4n) is 1.55. The Kier molecular flexibility index (Phi) is 4.50. The topological polar surface area (TPSA) is 117 Å². The summed E-state index contributed by atoms with van der Waals surface area (Å²) in [5, 5.41) is 17.6. The van der Waals surface area contributed by atoms with Gasteiger partial charge in [0, 0.05) is 18.2 Å². The SMILES string of the molecule is CCc1nc(C(=O)Nc2cccc(OCC(=O)O)c2)n[nH]1. The highest BCUT2D eigenvalue weighted by Gasteiger charge is 2.12. The van der Waals surface area contributed by atoms with Crippen LogP contribution in [-0.4, -0.2) is 38.8 Å². The van der Waals surface area contributed by atoms with Gasteiger partial charge in [0.1, 0.15) is 11.6 Å². The fraction of sp³-hybridized carbons (Fsp3) is 0.231. The molecule has 1 aromatic heterocycles. The summed E-state index contributed by atoms with van der Waals surface area (Å²) in [7, 11) is 0. The molecule has 0 aliphatic rings. The van der Waals surface area contributed by atoms with Crippen LogP contribution in [0.3, 0.4) is 0 Å². The molecule has 1 aromatic carbocycles. The first-order valence-electron chi connectivity index (χ1n) is 6.25. The lowest BCUT2D eigenvalue weighted by atomic mass is 10.3. The van der Waals surface area contributed by atoms with Crippen LogP contribution >= 0.6 is 0 Å². The minimum atomic E-state index is -1.07. The highest BCUT2D eigenvalue weighted by molar-refractivity contribution is 6.01. The monoisotopic (exact) mass is 290 g/mol. The Hall–Kier alpha value is -2.90. The zero-order valence-corrected chi connectivity index (χ0v) is 11.3. The maximum Gasteiger partial charge on any atom is 0.341 e. The van der Waals surface area contributed by atoms with E-state index in [4.69, 9.17) is 9.84 Å². The number of carbonyl (C=O) groups excluding carboxylic acids is 1. The maximum absolute atomic E-state index is 11.9. The molecule has 0 saturated carbocycles. The molecule has 0 saturated heterocycles. The number of aliphatic carboxylic acids is 1. The number of aryl methyl sites for hydroxylation is 1. The zero-order chi connectivity index (χ0) is 15.2. The molecule has 1 amide bonds. The van der Waals surface area contributed by atoms with Gasteiger partial charge in [-0.05, 0) is 12.1 Å². The molecule has 110 valence electrons. The molecular weight excluding hydrogens is 276 g/mol. The standard InChI is InChI=1S/C13H14N4O4/c1-2-10-15-12(17-16-10)13(20)14-8-4-3-5-9(6-8)21-7-11(18)19/h3-6H,2,7H2,1H3,(H,14,20)(H,18,19)(H,15,16,17). The smallest absolute Gasteiger partial charge is 0.341 e. The van der Waals surface area contributed by atoms with Crippen molar-refractivity contribution in [2.45, 2.75) is 13.3 Å². The third kappa shape index (κ3) is 4.03. The van der Waals surface area contributed by atoms with Gasteiger partial charge in [0.25, 0.3) is 5.91 Å². The molecule has 0 radical (unpaired) electrons. The molecule has 0 atom stereocenters. The molecule has 8 heteroatoms. The van der Waals surface area contributed by atoms with Gasteiger partial charge in [0.15, 0.2) is 6.61 Å². The number of anilines is 1. The summed E-state index contributed by atoms with van der Waals surface area (Å²) in [6.07, 6.45) is 0.652. The normalized spacial score (nSPS) is 10.1. The van der Waals surface area contributed by atoms with Crippen molar-refractivity contribution in [1.82, 2.24) is 15.2 Å². The fourth-order valence-corrected chi connectivity index (χ4v) is 1.55. The van der Waals surface area contributed by atoms with E-state index in [1.165, 1.54) is 6.07 Å². The molecule has 0 bridgehead atoms. The van der Waals surface area contributed by atoms with Gasteiger partial charge in [0.2, 0.25) is 5.82 Å². The van der Waals surface area contributed by atoms with Crippen LogP contribution in [-0.2, 0) is 11.2 Å². The lowest BCUT2D eigenvalue weighted by Gasteiger charge is -2.06. The van der Waals surface area contributed by atoms with E-state index in [-0.39, 0.29) is 5.82 Å². The molecule has 0 spiro atoms. The van der Waals surface area contributed by atoms with Gasteiger partial charge in [-0.25, -0.2) is 9.78 Å². The van der Waals surface area contributed by atoms with Gasteiger partial charge in [0.05, 0.1) is 0 Å². The van der Waals surface area contributed by atoms with Gasteiger partial charge in [-0.3, -0.25) is 9.89 Å². The average molecular weight is 290 g/mol. The van der Waals surface area contributed by atoms with Gasteiger partial charge >= 0.3 is 5.97 Å². The number of carbonyl (C=O) groups is 2. The van der Waals surface area contributed by atoms with Crippen molar-refractivity contribution in [3.05, 3.63) is 35.9 Å². The van der Waals surface area contributed by atoms with Crippen LogP contribution < -0.4 is 10.1 Å². The van der Waals surface area contributed by atoms with Crippen LogP contribution in [0.15, 0.2) is 24.3 Å². The number of hydrogen-bond donors (Lipinski definition) is 3. The highest BCUT2D eigenvalue weighted by Crippen LogP contribution is 2.17. The first-order chi connectivity index (χ1) is 10.1. The van der Waals surface area contributed by atoms with Gasteiger partial charge in [-0.2, -0.15) is 0 Å². The predicted octanol–water partition coefficient (Wildman–Crippen LogP) is 1.08. The van der Waals surface area contributed by atoms with Crippen molar-refractivity contribution >= 4 is 17.6 Å². The van der Waals surface area contributed by atoms with Crippen LogP contribution in [0.25, 0.3) is 0 Å². The van der Waals surface area contributed by atoms with Crippen molar-refractivity contribution in [3.63, 3.8) is 0 Å². The molecule has 0 aliphatic heterocycles. The Morgan fingerprint density at radius 3 is 2.90 bits per heavy atom. The third-order valence-electron chi connectivity index (χ3n) is 2.52. The van der Waals surface area contributed by atoms with Crippen molar-refractivity contribution in [2.24, 2.45) is 0 Å². The van der Waals surface area contributed by atoms with Gasteiger partial charge in [-0.15, -0.1) is 5.10 Å². The lowest BCUT2D eigenvalue weighted by molar-refractivity contribution is -0.139. The van der Waals surface area contributed by atoms with Crippen molar-refractivity contribution < 1.29 is 19.4 Å². The predicted molar refractivity (Wildman–Crippen MR) is 73.3 cm³/mol. The van der Waals surface area contributed by atoms with E-state index in [9.17, 15) is 9.59 Å². The molecule has 0 fully saturated rings. The molecule has 2 aromatic rings. The molecule has 3 N–H and O–H groups in total. The maximum atomic E-state index is 11.9. The van der Waals surface area contributed by atoms with Crippen LogP contribution in [0.5, 0.6) is 5.75 Å². The number of amides is 1. The molecule has 0 unspecified atom stereocenters. The molecule has 0 aliphatic carbocycles.